The largest absolute Gasteiger partial charge is 0.379 e. The summed E-state index contributed by atoms with van der Waals surface area (Å²) in [5, 5.41) is 5.66. The minimum absolute atomic E-state index is 0.430. The highest BCUT2D eigenvalue weighted by atomic mass is 16.5. The number of benzene rings is 1. The van der Waals surface area contributed by atoms with Gasteiger partial charge in [-0.25, -0.2) is 4.98 Å². The number of ether oxygens (including phenoxy) is 1. The van der Waals surface area contributed by atoms with Crippen molar-refractivity contribution in [2.24, 2.45) is 7.05 Å². The van der Waals surface area contributed by atoms with Crippen LogP contribution in [0, 0.1) is 6.92 Å². The van der Waals surface area contributed by atoms with Crippen molar-refractivity contribution >= 4 is 11.0 Å². The number of nitrogens with zero attached hydrogens (tertiary/aromatic N) is 5. The van der Waals surface area contributed by atoms with Crippen LogP contribution in [-0.2, 0) is 24.9 Å². The van der Waals surface area contributed by atoms with Crippen molar-refractivity contribution in [3.05, 3.63) is 59.4 Å². The van der Waals surface area contributed by atoms with E-state index in [0.717, 1.165) is 62.7 Å². The molecule has 6 nitrogen and oxygen atoms in total. The third kappa shape index (κ3) is 4.83. The fraction of sp³-hybridized carbons (Fsp3) is 0.478. The van der Waals surface area contributed by atoms with Crippen molar-refractivity contribution in [1.82, 2.24) is 24.6 Å². The molecule has 4 rings (SSSR count). The molecule has 1 aromatic carbocycles. The van der Waals surface area contributed by atoms with Crippen LogP contribution >= 0.6 is 0 Å². The first-order valence-electron chi connectivity index (χ1n) is 10.5. The van der Waals surface area contributed by atoms with E-state index in [1.54, 1.807) is 0 Å². The number of morpholine rings is 1. The minimum Gasteiger partial charge on any atom is -0.379 e. The molecule has 0 N–H and O–H groups in total. The lowest BCUT2D eigenvalue weighted by Gasteiger charge is -2.35. The van der Waals surface area contributed by atoms with Crippen LogP contribution in [0.3, 0.4) is 0 Å². The monoisotopic (exact) mass is 393 g/mol. The number of hydrogen-bond acceptors (Lipinski definition) is 5. The minimum atomic E-state index is 0.430. The van der Waals surface area contributed by atoms with Gasteiger partial charge in [0.2, 0.25) is 0 Å². The van der Waals surface area contributed by atoms with Gasteiger partial charge >= 0.3 is 0 Å². The smallest absolute Gasteiger partial charge is 0.157 e. The van der Waals surface area contributed by atoms with Crippen molar-refractivity contribution < 1.29 is 4.74 Å². The summed E-state index contributed by atoms with van der Waals surface area (Å²) in [6.07, 6.45) is 2.00. The summed E-state index contributed by atoms with van der Waals surface area (Å²) < 4.78 is 7.37. The molecule has 0 radical (unpaired) electrons. The number of hydrogen-bond donors (Lipinski definition) is 0. The number of fused-ring (bicyclic) bond motifs is 1. The Labute approximate surface area is 173 Å². The fourth-order valence-corrected chi connectivity index (χ4v) is 4.13. The van der Waals surface area contributed by atoms with Crippen LogP contribution in [0.2, 0.25) is 0 Å². The van der Waals surface area contributed by atoms with Gasteiger partial charge in [-0.15, -0.1) is 0 Å². The van der Waals surface area contributed by atoms with Crippen molar-refractivity contribution in [2.45, 2.75) is 33.0 Å². The molecule has 0 saturated carbocycles. The van der Waals surface area contributed by atoms with Gasteiger partial charge in [-0.2, -0.15) is 5.10 Å². The lowest BCUT2D eigenvalue weighted by atomic mass is 10.1. The van der Waals surface area contributed by atoms with Gasteiger partial charge in [0.1, 0.15) is 0 Å². The molecule has 0 aliphatic carbocycles. The third-order valence-corrected chi connectivity index (χ3v) is 5.78. The van der Waals surface area contributed by atoms with Gasteiger partial charge in [0, 0.05) is 57.4 Å². The van der Waals surface area contributed by atoms with E-state index in [2.05, 4.69) is 70.1 Å². The Balaban J connectivity index is 1.54. The lowest BCUT2D eigenvalue weighted by Crippen LogP contribution is -2.45. The first kappa shape index (κ1) is 20.0. The van der Waals surface area contributed by atoms with Crippen LogP contribution in [0.15, 0.2) is 42.6 Å². The second kappa shape index (κ2) is 9.03. The highest BCUT2D eigenvalue weighted by Crippen LogP contribution is 2.20. The summed E-state index contributed by atoms with van der Waals surface area (Å²) in [5.74, 6) is 0. The molecular formula is C23H31N5O. The van der Waals surface area contributed by atoms with Crippen LogP contribution in [0.5, 0.6) is 0 Å². The van der Waals surface area contributed by atoms with Gasteiger partial charge < -0.3 is 4.74 Å². The molecule has 29 heavy (non-hydrogen) atoms. The van der Waals surface area contributed by atoms with Crippen LogP contribution < -0.4 is 0 Å². The summed E-state index contributed by atoms with van der Waals surface area (Å²) in [5.41, 5.74) is 4.56. The van der Waals surface area contributed by atoms with E-state index in [1.807, 2.05) is 17.9 Å². The number of pyridine rings is 1. The highest BCUT2D eigenvalue weighted by molar-refractivity contribution is 5.78. The molecule has 1 saturated heterocycles. The summed E-state index contributed by atoms with van der Waals surface area (Å²) in [6, 6.07) is 13.4. The van der Waals surface area contributed by atoms with Gasteiger partial charge in [0.05, 0.1) is 18.9 Å². The van der Waals surface area contributed by atoms with Gasteiger partial charge in [0.25, 0.3) is 0 Å². The predicted molar refractivity (Wildman–Crippen MR) is 116 cm³/mol. The van der Waals surface area contributed by atoms with Crippen LogP contribution in [-0.4, -0.2) is 63.5 Å². The molecule has 1 atom stereocenters. The molecule has 6 heteroatoms. The average Bonchev–Trinajstić information content (AvgIpc) is 3.02. The third-order valence-electron chi connectivity index (χ3n) is 5.78. The van der Waals surface area contributed by atoms with E-state index in [4.69, 9.17) is 4.74 Å². The topological polar surface area (TPSA) is 46.4 Å². The zero-order chi connectivity index (χ0) is 20.2. The summed E-state index contributed by atoms with van der Waals surface area (Å²) in [7, 11) is 1.95. The fourth-order valence-electron chi connectivity index (χ4n) is 4.13. The number of aromatic nitrogens is 3. The van der Waals surface area contributed by atoms with Gasteiger partial charge in [0.15, 0.2) is 5.65 Å². The molecule has 1 aliphatic heterocycles. The van der Waals surface area contributed by atoms with Crippen molar-refractivity contribution in [1.29, 1.82) is 0 Å². The van der Waals surface area contributed by atoms with E-state index in [9.17, 15) is 0 Å². The molecule has 1 aliphatic rings. The Bertz CT molecular complexity index is 933. The Hall–Kier alpha value is -2.28. The molecule has 154 valence electrons. The Kier molecular flexibility index (Phi) is 6.23. The quantitative estimate of drug-likeness (QED) is 0.618. The number of aryl methyl sites for hydroxylation is 2. The maximum atomic E-state index is 5.52. The Morgan fingerprint density at radius 3 is 2.59 bits per heavy atom. The standard InChI is InChI=1S/C23H31N5O/c1-18(15-27-9-11-29-12-10-27)28(16-20-7-5-4-6-8-20)17-21-13-22-19(2)25-26(3)23(22)24-14-21/h4-8,13-14,18H,9-12,15-17H2,1-3H3. The van der Waals surface area contributed by atoms with Gasteiger partial charge in [-0.05, 0) is 31.0 Å². The summed E-state index contributed by atoms with van der Waals surface area (Å²) in [4.78, 5) is 9.75. The molecule has 0 spiro atoms. The van der Waals surface area contributed by atoms with E-state index >= 15 is 0 Å². The maximum Gasteiger partial charge on any atom is 0.157 e. The maximum absolute atomic E-state index is 5.52. The normalized spacial score (nSPS) is 16.6. The average molecular weight is 394 g/mol. The summed E-state index contributed by atoms with van der Waals surface area (Å²) in [6.45, 7) is 11.0. The second-order valence-corrected chi connectivity index (χ2v) is 8.08. The van der Waals surface area contributed by atoms with Crippen molar-refractivity contribution in [2.75, 3.05) is 32.8 Å². The van der Waals surface area contributed by atoms with Gasteiger partial charge in [-0.1, -0.05) is 30.3 Å². The van der Waals surface area contributed by atoms with Gasteiger partial charge in [-0.3, -0.25) is 14.5 Å². The molecule has 1 fully saturated rings. The summed E-state index contributed by atoms with van der Waals surface area (Å²) >= 11 is 0. The zero-order valence-electron chi connectivity index (χ0n) is 17.7. The number of rotatable bonds is 7. The van der Waals surface area contributed by atoms with Crippen LogP contribution in [0.4, 0.5) is 0 Å². The van der Waals surface area contributed by atoms with Crippen molar-refractivity contribution in [3.63, 3.8) is 0 Å². The van der Waals surface area contributed by atoms with E-state index < -0.39 is 0 Å². The SMILES string of the molecule is Cc1nn(C)c2ncc(CN(Cc3ccccc3)C(C)CN3CCOCC3)cc12. The Morgan fingerprint density at radius 2 is 1.83 bits per heavy atom. The first-order valence-corrected chi connectivity index (χ1v) is 10.5. The van der Waals surface area contributed by atoms with E-state index in [-0.39, 0.29) is 0 Å². The van der Waals surface area contributed by atoms with E-state index in [1.165, 1.54) is 11.1 Å². The molecule has 3 aromatic rings. The van der Waals surface area contributed by atoms with Crippen LogP contribution in [0.1, 0.15) is 23.7 Å². The second-order valence-electron chi connectivity index (χ2n) is 8.08. The predicted octanol–water partition coefficient (Wildman–Crippen LogP) is 3.00. The van der Waals surface area contributed by atoms with Crippen LogP contribution in [0.25, 0.3) is 11.0 Å². The Morgan fingerprint density at radius 1 is 1.10 bits per heavy atom. The highest BCUT2D eigenvalue weighted by Gasteiger charge is 2.20. The molecule has 3 heterocycles. The van der Waals surface area contributed by atoms with E-state index in [0.29, 0.717) is 6.04 Å². The lowest BCUT2D eigenvalue weighted by molar-refractivity contribution is 0.0226. The molecule has 0 bridgehead atoms. The molecule has 2 aromatic heterocycles. The first-order chi connectivity index (χ1) is 14.1. The van der Waals surface area contributed by atoms with Crippen molar-refractivity contribution in [3.8, 4) is 0 Å². The molecule has 0 amide bonds. The molecule has 1 unspecified atom stereocenters. The molecular weight excluding hydrogens is 362 g/mol. The zero-order valence-corrected chi connectivity index (χ0v) is 17.7.